The number of hydrogen-bond donors (Lipinski definition) is 0. The zero-order valence-corrected chi connectivity index (χ0v) is 33.5. The van der Waals surface area contributed by atoms with Crippen molar-refractivity contribution in [2.75, 3.05) is 4.90 Å². The zero-order chi connectivity index (χ0) is 40.0. The van der Waals surface area contributed by atoms with Crippen LogP contribution in [0.2, 0.25) is 0 Å². The van der Waals surface area contributed by atoms with E-state index in [1.165, 1.54) is 72.4 Å². The summed E-state index contributed by atoms with van der Waals surface area (Å²) in [6.07, 6.45) is 9.76. The maximum absolute atomic E-state index is 2.35. The Morgan fingerprint density at radius 3 is 1.37 bits per heavy atom. The highest BCUT2D eigenvalue weighted by atomic mass is 15.1. The van der Waals surface area contributed by atoms with Gasteiger partial charge < -0.3 is 9.30 Å². The Balaban J connectivity index is 1.08. The maximum atomic E-state index is 2.35. The molecule has 0 aliphatic heterocycles. The standard InChI is InChI=1S/C57H46N2/c1-3-16-42(17-4-2)45-29-35-51(36-30-45)59(52-37-31-46(32-38-52)43-18-8-5-9-19-43)53-39-33-47(34-40-53)44-25-27-50(28-26-44)57-56(49-22-12-7-13-23-49)55(48-20-10-6-11-21-48)54-24-14-15-41-58(54)57/h3,5-41H,4H2,1-2H3/b16-3-,42-17+. The summed E-state index contributed by atoms with van der Waals surface area (Å²) < 4.78 is 2.35. The van der Waals surface area contributed by atoms with Gasteiger partial charge >= 0.3 is 0 Å². The molecule has 0 N–H and O–H groups in total. The van der Waals surface area contributed by atoms with E-state index in [0.717, 1.165) is 23.5 Å². The minimum absolute atomic E-state index is 0.990. The molecule has 0 fully saturated rings. The molecule has 0 spiro atoms. The molecule has 0 aliphatic carbocycles. The largest absolute Gasteiger partial charge is 0.315 e. The third kappa shape index (κ3) is 7.57. The fraction of sp³-hybridized carbons (Fsp3) is 0.0526. The summed E-state index contributed by atoms with van der Waals surface area (Å²) in [4.78, 5) is 2.34. The van der Waals surface area contributed by atoms with Gasteiger partial charge in [0.2, 0.25) is 0 Å². The molecular weight excluding hydrogens is 713 g/mol. The molecule has 7 aromatic carbocycles. The van der Waals surface area contributed by atoms with Crippen molar-refractivity contribution in [3.8, 4) is 55.8 Å². The first kappa shape index (κ1) is 37.2. The highest BCUT2D eigenvalue weighted by molar-refractivity contribution is 6.03. The molecule has 0 bridgehead atoms. The van der Waals surface area contributed by atoms with Crippen molar-refractivity contribution >= 4 is 28.2 Å². The van der Waals surface area contributed by atoms with Crippen LogP contribution in [-0.4, -0.2) is 4.40 Å². The summed E-state index contributed by atoms with van der Waals surface area (Å²) in [6.45, 7) is 4.26. The van der Waals surface area contributed by atoms with Gasteiger partial charge in [0.1, 0.15) is 0 Å². The van der Waals surface area contributed by atoms with Crippen LogP contribution in [0.1, 0.15) is 25.8 Å². The van der Waals surface area contributed by atoms with E-state index >= 15 is 0 Å². The predicted octanol–water partition coefficient (Wildman–Crippen LogP) is 16.1. The maximum Gasteiger partial charge on any atom is 0.0613 e. The van der Waals surface area contributed by atoms with E-state index in [1.807, 2.05) is 0 Å². The lowest BCUT2D eigenvalue weighted by molar-refractivity contribution is 1.20. The number of nitrogens with zero attached hydrogens (tertiary/aromatic N) is 2. The SMILES string of the molecule is C/C=C\C(=C/CC)c1ccc(N(c2ccc(-c3ccccc3)cc2)c2ccc(-c3ccc(-c4c(-c5ccccc5)c(-c5ccccc5)c5ccccn45)cc3)cc2)cc1. The lowest BCUT2D eigenvalue weighted by Gasteiger charge is -2.26. The third-order valence-corrected chi connectivity index (χ3v) is 11.0. The van der Waals surface area contributed by atoms with Gasteiger partial charge in [0.15, 0.2) is 0 Å². The van der Waals surface area contributed by atoms with Crippen molar-refractivity contribution in [1.29, 1.82) is 0 Å². The highest BCUT2D eigenvalue weighted by Crippen LogP contribution is 2.45. The number of anilines is 3. The van der Waals surface area contributed by atoms with Gasteiger partial charge in [-0.15, -0.1) is 0 Å². The van der Waals surface area contributed by atoms with Gasteiger partial charge in [0.05, 0.1) is 11.2 Å². The molecule has 0 amide bonds. The number of rotatable bonds is 11. The van der Waals surface area contributed by atoms with Crippen LogP contribution in [0.3, 0.4) is 0 Å². The van der Waals surface area contributed by atoms with Crippen molar-refractivity contribution in [3.05, 3.63) is 236 Å². The Morgan fingerprint density at radius 1 is 0.441 bits per heavy atom. The van der Waals surface area contributed by atoms with E-state index in [0.29, 0.717) is 0 Å². The van der Waals surface area contributed by atoms with E-state index < -0.39 is 0 Å². The number of benzene rings is 7. The second-order valence-electron chi connectivity index (χ2n) is 14.8. The summed E-state index contributed by atoms with van der Waals surface area (Å²) >= 11 is 0. The van der Waals surface area contributed by atoms with Gasteiger partial charge in [-0.1, -0.05) is 183 Å². The molecular formula is C57H46N2. The Bertz CT molecular complexity index is 2850. The first-order chi connectivity index (χ1) is 29.2. The molecule has 9 rings (SSSR count). The number of fused-ring (bicyclic) bond motifs is 1. The fourth-order valence-electron chi connectivity index (χ4n) is 8.26. The first-order valence-electron chi connectivity index (χ1n) is 20.5. The lowest BCUT2D eigenvalue weighted by Crippen LogP contribution is -2.10. The molecule has 2 heteroatoms. The molecule has 0 aliphatic rings. The number of pyridine rings is 1. The monoisotopic (exact) mass is 758 g/mol. The Labute approximate surface area is 348 Å². The summed E-state index contributed by atoms with van der Waals surface area (Å²) in [6, 6.07) is 74.5. The highest BCUT2D eigenvalue weighted by Gasteiger charge is 2.22. The van der Waals surface area contributed by atoms with Crippen molar-refractivity contribution in [2.24, 2.45) is 0 Å². The summed E-state index contributed by atoms with van der Waals surface area (Å²) in [5.41, 5.74) is 19.0. The van der Waals surface area contributed by atoms with Gasteiger partial charge in [-0.25, -0.2) is 0 Å². The molecule has 0 saturated carbocycles. The predicted molar refractivity (Wildman–Crippen MR) is 252 cm³/mol. The summed E-state index contributed by atoms with van der Waals surface area (Å²) in [5, 5.41) is 0. The summed E-state index contributed by atoms with van der Waals surface area (Å²) in [7, 11) is 0. The normalized spacial score (nSPS) is 11.7. The molecule has 2 nitrogen and oxygen atoms in total. The van der Waals surface area contributed by atoms with Crippen molar-refractivity contribution in [2.45, 2.75) is 20.3 Å². The topological polar surface area (TPSA) is 7.65 Å². The van der Waals surface area contributed by atoms with Gasteiger partial charge in [-0.2, -0.15) is 0 Å². The van der Waals surface area contributed by atoms with Gasteiger partial charge in [0.25, 0.3) is 0 Å². The first-order valence-corrected chi connectivity index (χ1v) is 20.5. The van der Waals surface area contributed by atoms with E-state index in [1.54, 1.807) is 0 Å². The molecule has 0 radical (unpaired) electrons. The lowest BCUT2D eigenvalue weighted by atomic mass is 9.93. The van der Waals surface area contributed by atoms with E-state index in [9.17, 15) is 0 Å². The molecule has 0 unspecified atom stereocenters. The zero-order valence-electron chi connectivity index (χ0n) is 33.5. The fourth-order valence-corrected chi connectivity index (χ4v) is 8.26. The number of aromatic nitrogens is 1. The van der Waals surface area contributed by atoms with Crippen molar-refractivity contribution < 1.29 is 0 Å². The molecule has 2 heterocycles. The van der Waals surface area contributed by atoms with Crippen LogP contribution >= 0.6 is 0 Å². The van der Waals surface area contributed by atoms with Crippen LogP contribution < -0.4 is 4.90 Å². The van der Waals surface area contributed by atoms with Crippen LogP contribution in [0.4, 0.5) is 17.1 Å². The van der Waals surface area contributed by atoms with Crippen LogP contribution in [0.15, 0.2) is 231 Å². The van der Waals surface area contributed by atoms with Crippen LogP contribution in [0.5, 0.6) is 0 Å². The average Bonchev–Trinajstić information content (AvgIpc) is 3.66. The number of hydrogen-bond acceptors (Lipinski definition) is 1. The van der Waals surface area contributed by atoms with Crippen molar-refractivity contribution in [3.63, 3.8) is 0 Å². The van der Waals surface area contributed by atoms with E-state index in [-0.39, 0.29) is 0 Å². The van der Waals surface area contributed by atoms with Crippen LogP contribution in [0, 0.1) is 0 Å². The second-order valence-corrected chi connectivity index (χ2v) is 14.8. The molecule has 2 aromatic heterocycles. The summed E-state index contributed by atoms with van der Waals surface area (Å²) in [5.74, 6) is 0. The molecule has 284 valence electrons. The number of allylic oxidation sites excluding steroid dienone is 4. The van der Waals surface area contributed by atoms with Gasteiger partial charge in [-0.3, -0.25) is 0 Å². The minimum Gasteiger partial charge on any atom is -0.315 e. The van der Waals surface area contributed by atoms with E-state index in [2.05, 4.69) is 254 Å². The second kappa shape index (κ2) is 17.0. The molecule has 0 atom stereocenters. The molecule has 0 saturated heterocycles. The Hall–Kier alpha value is -7.42. The quantitative estimate of drug-likeness (QED) is 0.119. The van der Waals surface area contributed by atoms with Gasteiger partial charge in [-0.05, 0) is 112 Å². The van der Waals surface area contributed by atoms with Crippen LogP contribution in [-0.2, 0) is 0 Å². The third-order valence-electron chi connectivity index (χ3n) is 11.0. The minimum atomic E-state index is 0.990. The average molecular weight is 759 g/mol. The Morgan fingerprint density at radius 2 is 0.864 bits per heavy atom. The van der Waals surface area contributed by atoms with Crippen LogP contribution in [0.25, 0.3) is 66.9 Å². The molecule has 59 heavy (non-hydrogen) atoms. The molecule has 9 aromatic rings. The van der Waals surface area contributed by atoms with Gasteiger partial charge in [0, 0.05) is 34.4 Å². The smallest absolute Gasteiger partial charge is 0.0613 e. The van der Waals surface area contributed by atoms with E-state index in [4.69, 9.17) is 0 Å². The Kier molecular flexibility index (Phi) is 10.7. The van der Waals surface area contributed by atoms with Crippen molar-refractivity contribution in [1.82, 2.24) is 4.40 Å².